The maximum absolute atomic E-state index is 11.4. The average molecular weight is 305 g/mol. The van der Waals surface area contributed by atoms with Gasteiger partial charge in [-0.2, -0.15) is 0 Å². The third-order valence-corrected chi connectivity index (χ3v) is 4.06. The van der Waals surface area contributed by atoms with Crippen LogP contribution in [0.5, 0.6) is 5.75 Å². The molecule has 1 aromatic carbocycles. The molecule has 0 radical (unpaired) electrons. The van der Waals surface area contributed by atoms with E-state index in [0.717, 1.165) is 43.3 Å². The van der Waals surface area contributed by atoms with Crippen molar-refractivity contribution in [2.24, 2.45) is 5.92 Å². The summed E-state index contributed by atoms with van der Waals surface area (Å²) in [4.78, 5) is 11.4. The molecule has 0 atom stereocenters. The van der Waals surface area contributed by atoms with Gasteiger partial charge in [0.2, 0.25) is 0 Å². The smallest absolute Gasteiger partial charge is 0.310 e. The lowest BCUT2D eigenvalue weighted by atomic mass is 9.93. The summed E-state index contributed by atoms with van der Waals surface area (Å²) >= 11 is 0. The van der Waals surface area contributed by atoms with Gasteiger partial charge in [0.25, 0.3) is 0 Å². The van der Waals surface area contributed by atoms with Gasteiger partial charge in [0.15, 0.2) is 0 Å². The molecule has 0 saturated carbocycles. The van der Waals surface area contributed by atoms with Crippen LogP contribution in [0.1, 0.15) is 38.2 Å². The van der Waals surface area contributed by atoms with Crippen molar-refractivity contribution in [3.63, 3.8) is 0 Å². The molecule has 1 aliphatic rings. The molecule has 4 nitrogen and oxygen atoms in total. The fourth-order valence-corrected chi connectivity index (χ4v) is 2.81. The lowest BCUT2D eigenvalue weighted by Gasteiger charge is -2.22. The molecular formula is C18H27NO3. The lowest BCUT2D eigenvalue weighted by Crippen LogP contribution is -2.27. The van der Waals surface area contributed by atoms with Crippen LogP contribution in [0.3, 0.4) is 0 Å². The average Bonchev–Trinajstić information content (AvgIpc) is 2.54. The highest BCUT2D eigenvalue weighted by Crippen LogP contribution is 2.18. The number of piperidine rings is 1. The number of hydrogen-bond donors (Lipinski definition) is 1. The second kappa shape index (κ2) is 9.46. The Morgan fingerprint density at radius 1 is 1.23 bits per heavy atom. The molecule has 2 rings (SSSR count). The molecule has 4 heteroatoms. The van der Waals surface area contributed by atoms with Crippen molar-refractivity contribution >= 4 is 5.97 Å². The van der Waals surface area contributed by atoms with Crippen LogP contribution in [0.4, 0.5) is 0 Å². The molecule has 1 aromatic rings. The number of rotatable bonds is 8. The number of ether oxygens (including phenoxy) is 2. The summed E-state index contributed by atoms with van der Waals surface area (Å²) in [6, 6.07) is 7.72. The van der Waals surface area contributed by atoms with Gasteiger partial charge in [-0.1, -0.05) is 12.1 Å². The Bertz CT molecular complexity index is 438. The summed E-state index contributed by atoms with van der Waals surface area (Å²) in [6.07, 6.45) is 5.27. The summed E-state index contributed by atoms with van der Waals surface area (Å²) in [6.45, 7) is 5.33. The number of esters is 1. The van der Waals surface area contributed by atoms with Gasteiger partial charge in [0.05, 0.1) is 19.6 Å². The number of carbonyl (C=O) groups excluding carboxylic acids is 1. The second-order valence-corrected chi connectivity index (χ2v) is 5.81. The molecule has 0 bridgehead atoms. The van der Waals surface area contributed by atoms with E-state index in [2.05, 4.69) is 5.32 Å². The van der Waals surface area contributed by atoms with Crippen LogP contribution >= 0.6 is 0 Å². The third-order valence-electron chi connectivity index (χ3n) is 4.06. The van der Waals surface area contributed by atoms with E-state index >= 15 is 0 Å². The monoisotopic (exact) mass is 305 g/mol. The Kier molecular flexibility index (Phi) is 7.23. The second-order valence-electron chi connectivity index (χ2n) is 5.81. The van der Waals surface area contributed by atoms with Gasteiger partial charge in [-0.05, 0) is 69.3 Å². The van der Waals surface area contributed by atoms with Crippen molar-refractivity contribution in [3.8, 4) is 5.75 Å². The fourth-order valence-electron chi connectivity index (χ4n) is 2.81. The van der Waals surface area contributed by atoms with E-state index in [9.17, 15) is 4.79 Å². The summed E-state index contributed by atoms with van der Waals surface area (Å²) in [7, 11) is 0. The highest BCUT2D eigenvalue weighted by Gasteiger charge is 2.12. The SMILES string of the molecule is CCOC(=O)Cc1ccc(OCCCC2CCNCC2)cc1. The van der Waals surface area contributed by atoms with Gasteiger partial charge in [-0.3, -0.25) is 4.79 Å². The molecule has 1 fully saturated rings. The predicted molar refractivity (Wildman–Crippen MR) is 87.1 cm³/mol. The van der Waals surface area contributed by atoms with Crippen LogP contribution in [-0.2, 0) is 16.0 Å². The Morgan fingerprint density at radius 2 is 1.95 bits per heavy atom. The van der Waals surface area contributed by atoms with Crippen LogP contribution in [0.25, 0.3) is 0 Å². The van der Waals surface area contributed by atoms with Crippen LogP contribution in [-0.4, -0.2) is 32.3 Å². The number of benzene rings is 1. The van der Waals surface area contributed by atoms with E-state index in [1.807, 2.05) is 31.2 Å². The molecule has 0 spiro atoms. The third kappa shape index (κ3) is 6.06. The molecule has 0 aliphatic carbocycles. The quantitative estimate of drug-likeness (QED) is 0.592. The molecule has 1 heterocycles. The Labute approximate surface area is 133 Å². The minimum atomic E-state index is -0.182. The fraction of sp³-hybridized carbons (Fsp3) is 0.611. The van der Waals surface area contributed by atoms with E-state index in [-0.39, 0.29) is 5.97 Å². The normalized spacial score (nSPS) is 15.5. The molecule has 22 heavy (non-hydrogen) atoms. The predicted octanol–water partition coefficient (Wildman–Crippen LogP) is 2.95. The van der Waals surface area contributed by atoms with Crippen LogP contribution in [0.15, 0.2) is 24.3 Å². The summed E-state index contributed by atoms with van der Waals surface area (Å²) < 4.78 is 10.7. The zero-order chi connectivity index (χ0) is 15.6. The van der Waals surface area contributed by atoms with E-state index in [1.54, 1.807) is 0 Å². The minimum absolute atomic E-state index is 0.182. The van der Waals surface area contributed by atoms with Gasteiger partial charge < -0.3 is 14.8 Å². The standard InChI is InChI=1S/C18H27NO3/c1-2-21-18(20)14-16-5-7-17(8-6-16)22-13-3-4-15-9-11-19-12-10-15/h5-8,15,19H,2-4,9-14H2,1H3. The molecule has 0 amide bonds. The highest BCUT2D eigenvalue weighted by atomic mass is 16.5. The van der Waals surface area contributed by atoms with Gasteiger partial charge in [-0.15, -0.1) is 0 Å². The van der Waals surface area contributed by atoms with Crippen LogP contribution < -0.4 is 10.1 Å². The first-order valence-corrected chi connectivity index (χ1v) is 8.36. The number of hydrogen-bond acceptors (Lipinski definition) is 4. The Morgan fingerprint density at radius 3 is 2.64 bits per heavy atom. The first kappa shape index (κ1) is 16.8. The van der Waals surface area contributed by atoms with Crippen molar-refractivity contribution in [2.45, 2.75) is 39.0 Å². The topological polar surface area (TPSA) is 47.6 Å². The lowest BCUT2D eigenvalue weighted by molar-refractivity contribution is -0.142. The first-order valence-electron chi connectivity index (χ1n) is 8.36. The van der Waals surface area contributed by atoms with Crippen LogP contribution in [0.2, 0.25) is 0 Å². The van der Waals surface area contributed by atoms with E-state index in [1.165, 1.54) is 19.3 Å². The highest BCUT2D eigenvalue weighted by molar-refractivity contribution is 5.72. The molecule has 1 saturated heterocycles. The van der Waals surface area contributed by atoms with Gasteiger partial charge in [0.1, 0.15) is 5.75 Å². The molecular weight excluding hydrogens is 278 g/mol. The molecule has 0 aromatic heterocycles. The zero-order valence-electron chi connectivity index (χ0n) is 13.5. The van der Waals surface area contributed by atoms with Crippen molar-refractivity contribution in [3.05, 3.63) is 29.8 Å². The van der Waals surface area contributed by atoms with E-state index in [0.29, 0.717) is 13.0 Å². The van der Waals surface area contributed by atoms with Gasteiger partial charge in [0, 0.05) is 0 Å². The Balaban J connectivity index is 1.64. The maximum atomic E-state index is 11.4. The molecule has 1 N–H and O–H groups in total. The summed E-state index contributed by atoms with van der Waals surface area (Å²) in [5.41, 5.74) is 0.959. The molecule has 0 unspecified atom stereocenters. The zero-order valence-corrected chi connectivity index (χ0v) is 13.5. The minimum Gasteiger partial charge on any atom is -0.494 e. The summed E-state index contributed by atoms with van der Waals surface area (Å²) in [5.74, 6) is 1.55. The van der Waals surface area contributed by atoms with Crippen molar-refractivity contribution in [2.75, 3.05) is 26.3 Å². The molecule has 122 valence electrons. The van der Waals surface area contributed by atoms with Gasteiger partial charge >= 0.3 is 5.97 Å². The Hall–Kier alpha value is -1.55. The van der Waals surface area contributed by atoms with E-state index in [4.69, 9.17) is 9.47 Å². The first-order chi connectivity index (χ1) is 10.8. The van der Waals surface area contributed by atoms with Crippen molar-refractivity contribution < 1.29 is 14.3 Å². The van der Waals surface area contributed by atoms with Crippen LogP contribution in [0, 0.1) is 5.92 Å². The number of carbonyl (C=O) groups is 1. The number of nitrogens with one attached hydrogen (secondary N) is 1. The van der Waals surface area contributed by atoms with Crippen molar-refractivity contribution in [1.82, 2.24) is 5.32 Å². The largest absolute Gasteiger partial charge is 0.494 e. The van der Waals surface area contributed by atoms with Gasteiger partial charge in [-0.25, -0.2) is 0 Å². The van der Waals surface area contributed by atoms with Crippen molar-refractivity contribution in [1.29, 1.82) is 0 Å². The summed E-state index contributed by atoms with van der Waals surface area (Å²) in [5, 5.41) is 3.39. The van der Waals surface area contributed by atoms with E-state index < -0.39 is 0 Å². The molecule has 1 aliphatic heterocycles. The maximum Gasteiger partial charge on any atom is 0.310 e.